The van der Waals surface area contributed by atoms with Gasteiger partial charge in [-0.15, -0.1) is 0 Å². The van der Waals surface area contributed by atoms with E-state index in [4.69, 9.17) is 4.74 Å². The van der Waals surface area contributed by atoms with Gasteiger partial charge in [0, 0.05) is 49.2 Å². The minimum absolute atomic E-state index is 0.0364. The first kappa shape index (κ1) is 20.9. The van der Waals surface area contributed by atoms with Crippen LogP contribution in [0.4, 0.5) is 0 Å². The van der Waals surface area contributed by atoms with Gasteiger partial charge in [-0.2, -0.15) is 5.10 Å². The SMILES string of the molecule is CC(C)n1nc(C(=O)NC2CC3CCC(C2)N3CC2CN(C)CCO2)c2ccccc21. The molecule has 3 aliphatic rings. The van der Waals surface area contributed by atoms with Crippen LogP contribution in [0.25, 0.3) is 10.9 Å². The lowest BCUT2D eigenvalue weighted by Gasteiger charge is -2.42. The van der Waals surface area contributed by atoms with E-state index in [1.165, 1.54) is 12.8 Å². The molecule has 1 aromatic carbocycles. The number of ether oxygens (including phenoxy) is 1. The smallest absolute Gasteiger partial charge is 0.272 e. The number of benzene rings is 1. The van der Waals surface area contributed by atoms with Crippen LogP contribution in [0.15, 0.2) is 24.3 Å². The van der Waals surface area contributed by atoms with Crippen molar-refractivity contribution in [2.24, 2.45) is 0 Å². The van der Waals surface area contributed by atoms with Gasteiger partial charge in [0.15, 0.2) is 5.69 Å². The lowest BCUT2D eigenvalue weighted by Crippen LogP contribution is -2.54. The van der Waals surface area contributed by atoms with Crippen molar-refractivity contribution in [3.8, 4) is 0 Å². The zero-order chi connectivity index (χ0) is 21.5. The largest absolute Gasteiger partial charge is 0.374 e. The highest BCUT2D eigenvalue weighted by molar-refractivity contribution is 6.05. The van der Waals surface area contributed by atoms with Crippen molar-refractivity contribution in [2.75, 3.05) is 33.3 Å². The summed E-state index contributed by atoms with van der Waals surface area (Å²) in [5.74, 6) is -0.0364. The summed E-state index contributed by atoms with van der Waals surface area (Å²) in [5.41, 5.74) is 1.58. The first-order valence-corrected chi connectivity index (χ1v) is 11.8. The summed E-state index contributed by atoms with van der Waals surface area (Å²) < 4.78 is 7.98. The van der Waals surface area contributed by atoms with Crippen LogP contribution in [0.1, 0.15) is 56.1 Å². The van der Waals surface area contributed by atoms with Crippen LogP contribution in [0.5, 0.6) is 0 Å². The van der Waals surface area contributed by atoms with Crippen molar-refractivity contribution in [3.63, 3.8) is 0 Å². The number of nitrogens with one attached hydrogen (secondary N) is 1. The monoisotopic (exact) mass is 425 g/mol. The first-order chi connectivity index (χ1) is 15.0. The molecule has 0 saturated carbocycles. The van der Waals surface area contributed by atoms with Crippen LogP contribution >= 0.6 is 0 Å². The lowest BCUT2D eigenvalue weighted by atomic mass is 9.96. The summed E-state index contributed by atoms with van der Waals surface area (Å²) in [6.45, 7) is 8.09. The number of aromatic nitrogens is 2. The molecule has 5 rings (SSSR count). The topological polar surface area (TPSA) is 62.6 Å². The van der Waals surface area contributed by atoms with Gasteiger partial charge in [-0.1, -0.05) is 18.2 Å². The van der Waals surface area contributed by atoms with E-state index in [9.17, 15) is 4.79 Å². The first-order valence-electron chi connectivity index (χ1n) is 11.8. The quantitative estimate of drug-likeness (QED) is 0.798. The third kappa shape index (κ3) is 4.11. The molecule has 1 amide bonds. The Morgan fingerprint density at radius 1 is 1.23 bits per heavy atom. The second kappa shape index (κ2) is 8.52. The number of amides is 1. The van der Waals surface area contributed by atoms with Gasteiger partial charge in [-0.3, -0.25) is 14.4 Å². The number of nitrogens with zero attached hydrogens (tertiary/aromatic N) is 4. The lowest BCUT2D eigenvalue weighted by molar-refractivity contribution is -0.0485. The van der Waals surface area contributed by atoms with Crippen LogP contribution < -0.4 is 5.32 Å². The number of carbonyl (C=O) groups is 1. The predicted octanol–water partition coefficient (Wildman–Crippen LogP) is 2.67. The Morgan fingerprint density at radius 3 is 2.68 bits per heavy atom. The Kier molecular flexibility index (Phi) is 5.75. The number of morpholine rings is 1. The minimum Gasteiger partial charge on any atom is -0.374 e. The van der Waals surface area contributed by atoms with Gasteiger partial charge >= 0.3 is 0 Å². The average molecular weight is 426 g/mol. The summed E-state index contributed by atoms with van der Waals surface area (Å²) in [6, 6.07) is 9.56. The molecule has 3 fully saturated rings. The zero-order valence-corrected chi connectivity index (χ0v) is 19.0. The summed E-state index contributed by atoms with van der Waals surface area (Å²) in [6.07, 6.45) is 4.80. The number of para-hydroxylation sites is 1. The van der Waals surface area contributed by atoms with Crippen LogP contribution in [0.3, 0.4) is 0 Å². The normalized spacial score (nSPS) is 29.7. The van der Waals surface area contributed by atoms with Gasteiger partial charge in [-0.25, -0.2) is 0 Å². The van der Waals surface area contributed by atoms with E-state index >= 15 is 0 Å². The highest BCUT2D eigenvalue weighted by Gasteiger charge is 2.42. The number of fused-ring (bicyclic) bond motifs is 3. The van der Waals surface area contributed by atoms with Crippen LogP contribution in [-0.4, -0.2) is 83.0 Å². The molecule has 3 saturated heterocycles. The summed E-state index contributed by atoms with van der Waals surface area (Å²) >= 11 is 0. The highest BCUT2D eigenvalue weighted by Crippen LogP contribution is 2.36. The second-order valence-corrected chi connectivity index (χ2v) is 9.88. The van der Waals surface area contributed by atoms with Gasteiger partial charge in [0.2, 0.25) is 0 Å². The van der Waals surface area contributed by atoms with Gasteiger partial charge in [-0.05, 0) is 52.6 Å². The number of carbonyl (C=O) groups excluding carboxylic acids is 1. The number of hydrogen-bond donors (Lipinski definition) is 1. The molecule has 3 atom stereocenters. The summed E-state index contributed by atoms with van der Waals surface area (Å²) in [5, 5.41) is 8.95. The maximum absolute atomic E-state index is 13.2. The third-order valence-electron chi connectivity index (χ3n) is 7.29. The molecule has 7 heteroatoms. The molecule has 168 valence electrons. The number of hydrogen-bond acceptors (Lipinski definition) is 5. The second-order valence-electron chi connectivity index (χ2n) is 9.88. The van der Waals surface area contributed by atoms with Crippen molar-refractivity contribution in [2.45, 2.75) is 69.8 Å². The minimum atomic E-state index is -0.0364. The Labute approximate surface area is 184 Å². The molecule has 2 bridgehead atoms. The van der Waals surface area contributed by atoms with E-state index in [1.807, 2.05) is 28.9 Å². The van der Waals surface area contributed by atoms with E-state index in [0.717, 1.165) is 50.0 Å². The zero-order valence-electron chi connectivity index (χ0n) is 19.0. The highest BCUT2D eigenvalue weighted by atomic mass is 16.5. The molecule has 0 radical (unpaired) electrons. The van der Waals surface area contributed by atoms with Crippen molar-refractivity contribution >= 4 is 16.8 Å². The standard InChI is InChI=1S/C24H35N5O2/c1-16(2)29-22-7-5-4-6-21(22)23(26-29)24(30)25-17-12-18-8-9-19(13-17)28(18)15-20-14-27(3)10-11-31-20/h4-7,16-20H,8-15H2,1-3H3,(H,25,30). The molecule has 1 N–H and O–H groups in total. The molecular weight excluding hydrogens is 390 g/mol. The molecule has 31 heavy (non-hydrogen) atoms. The third-order valence-corrected chi connectivity index (χ3v) is 7.29. The molecule has 2 aromatic rings. The molecule has 0 aliphatic carbocycles. The fourth-order valence-electron chi connectivity index (χ4n) is 5.81. The number of likely N-dealkylation sites (N-methyl/N-ethyl adjacent to an activating group) is 1. The fourth-order valence-corrected chi connectivity index (χ4v) is 5.81. The van der Waals surface area contributed by atoms with E-state index in [1.54, 1.807) is 0 Å². The van der Waals surface area contributed by atoms with Gasteiger partial charge in [0.1, 0.15) is 0 Å². The molecule has 3 unspecified atom stereocenters. The van der Waals surface area contributed by atoms with Gasteiger partial charge < -0.3 is 15.0 Å². The van der Waals surface area contributed by atoms with Crippen molar-refractivity contribution in [1.29, 1.82) is 0 Å². The predicted molar refractivity (Wildman–Crippen MR) is 121 cm³/mol. The van der Waals surface area contributed by atoms with E-state index < -0.39 is 0 Å². The Hall–Kier alpha value is -1.96. The van der Waals surface area contributed by atoms with Crippen LogP contribution in [-0.2, 0) is 4.74 Å². The van der Waals surface area contributed by atoms with E-state index in [2.05, 4.69) is 41.1 Å². The van der Waals surface area contributed by atoms with Crippen LogP contribution in [0, 0.1) is 0 Å². The fraction of sp³-hybridized carbons (Fsp3) is 0.667. The van der Waals surface area contributed by atoms with E-state index in [0.29, 0.717) is 23.9 Å². The summed E-state index contributed by atoms with van der Waals surface area (Å²) in [4.78, 5) is 18.2. The molecule has 7 nitrogen and oxygen atoms in total. The molecular formula is C24H35N5O2. The Morgan fingerprint density at radius 2 is 1.97 bits per heavy atom. The maximum Gasteiger partial charge on any atom is 0.272 e. The molecule has 0 spiro atoms. The van der Waals surface area contributed by atoms with Crippen LogP contribution in [0.2, 0.25) is 0 Å². The maximum atomic E-state index is 13.2. The average Bonchev–Trinajstić information content (AvgIpc) is 3.23. The van der Waals surface area contributed by atoms with Gasteiger partial charge in [0.05, 0.1) is 18.2 Å². The number of rotatable bonds is 5. The molecule has 1 aromatic heterocycles. The summed E-state index contributed by atoms with van der Waals surface area (Å²) in [7, 11) is 2.18. The molecule has 3 aliphatic heterocycles. The Bertz CT molecular complexity index is 927. The molecule has 4 heterocycles. The van der Waals surface area contributed by atoms with Gasteiger partial charge in [0.25, 0.3) is 5.91 Å². The van der Waals surface area contributed by atoms with Crippen molar-refractivity contribution in [3.05, 3.63) is 30.0 Å². The number of piperidine rings is 1. The van der Waals surface area contributed by atoms with E-state index in [-0.39, 0.29) is 18.0 Å². The van der Waals surface area contributed by atoms with Crippen molar-refractivity contribution in [1.82, 2.24) is 24.9 Å². The van der Waals surface area contributed by atoms with Crippen molar-refractivity contribution < 1.29 is 9.53 Å². The Balaban J connectivity index is 1.25.